The van der Waals surface area contributed by atoms with Crippen LogP contribution in [-0.4, -0.2) is 67.4 Å². The van der Waals surface area contributed by atoms with Gasteiger partial charge in [-0.25, -0.2) is 0 Å². The topological polar surface area (TPSA) is 55.9 Å². The first-order valence-corrected chi connectivity index (χ1v) is 13.0. The summed E-state index contributed by atoms with van der Waals surface area (Å²) in [7, 11) is 2.16. The molecule has 0 unspecified atom stereocenters. The molecule has 0 bridgehead atoms. The average molecular weight is 457 g/mol. The summed E-state index contributed by atoms with van der Waals surface area (Å²) in [5.74, 6) is 0.622. The van der Waals surface area contributed by atoms with Crippen molar-refractivity contribution in [3.05, 3.63) is 29.3 Å². The van der Waals surface area contributed by atoms with Crippen molar-refractivity contribution in [1.29, 1.82) is 0 Å². The fourth-order valence-corrected chi connectivity index (χ4v) is 5.02. The van der Waals surface area contributed by atoms with Crippen LogP contribution in [0.25, 0.3) is 0 Å². The number of anilines is 1. The Kier molecular flexibility index (Phi) is 9.75. The van der Waals surface area contributed by atoms with Gasteiger partial charge in [-0.15, -0.1) is 0 Å². The molecular formula is C27H44N4O2. The first-order valence-electron chi connectivity index (χ1n) is 13.0. The van der Waals surface area contributed by atoms with Crippen molar-refractivity contribution in [3.8, 4) is 0 Å². The van der Waals surface area contributed by atoms with E-state index in [1.807, 2.05) is 23.1 Å². The van der Waals surface area contributed by atoms with Gasteiger partial charge >= 0.3 is 0 Å². The van der Waals surface area contributed by atoms with Gasteiger partial charge < -0.3 is 15.1 Å². The van der Waals surface area contributed by atoms with Crippen molar-refractivity contribution >= 4 is 17.5 Å². The highest BCUT2D eigenvalue weighted by Crippen LogP contribution is 2.27. The normalized spacial score (nSPS) is 20.1. The molecular weight excluding hydrogens is 412 g/mol. The molecule has 2 aliphatic rings. The highest BCUT2D eigenvalue weighted by Gasteiger charge is 2.22. The Morgan fingerprint density at radius 3 is 2.33 bits per heavy atom. The lowest BCUT2D eigenvalue weighted by Crippen LogP contribution is -2.37. The lowest BCUT2D eigenvalue weighted by molar-refractivity contribution is -0.116. The highest BCUT2D eigenvalue weighted by molar-refractivity contribution is 5.97. The molecule has 0 aromatic heterocycles. The van der Waals surface area contributed by atoms with Gasteiger partial charge in [0.1, 0.15) is 0 Å². The van der Waals surface area contributed by atoms with Crippen molar-refractivity contribution in [2.45, 2.75) is 78.3 Å². The van der Waals surface area contributed by atoms with Gasteiger partial charge in [0.05, 0.1) is 0 Å². The van der Waals surface area contributed by atoms with Crippen molar-refractivity contribution in [2.24, 2.45) is 5.92 Å². The van der Waals surface area contributed by atoms with Crippen molar-refractivity contribution in [2.75, 3.05) is 44.7 Å². The van der Waals surface area contributed by atoms with Crippen LogP contribution in [0.3, 0.4) is 0 Å². The minimum absolute atomic E-state index is 0.00619. The Labute approximate surface area is 200 Å². The second kappa shape index (κ2) is 12.5. The van der Waals surface area contributed by atoms with Crippen LogP contribution in [0.2, 0.25) is 0 Å². The molecule has 0 radical (unpaired) electrons. The van der Waals surface area contributed by atoms with E-state index in [0.717, 1.165) is 76.2 Å². The van der Waals surface area contributed by atoms with Gasteiger partial charge in [-0.2, -0.15) is 0 Å². The van der Waals surface area contributed by atoms with Crippen LogP contribution >= 0.6 is 0 Å². The van der Waals surface area contributed by atoms with Gasteiger partial charge in [0.2, 0.25) is 5.91 Å². The second-order valence-electron chi connectivity index (χ2n) is 10.3. The van der Waals surface area contributed by atoms with E-state index in [9.17, 15) is 9.59 Å². The van der Waals surface area contributed by atoms with Gasteiger partial charge in [-0.05, 0) is 95.9 Å². The minimum atomic E-state index is -0.00619. The molecule has 1 aromatic carbocycles. The number of amides is 2. The Hall–Kier alpha value is -1.92. The zero-order chi connectivity index (χ0) is 23.8. The van der Waals surface area contributed by atoms with Crippen LogP contribution in [0.15, 0.2) is 18.2 Å². The Balaban J connectivity index is 1.81. The fourth-order valence-electron chi connectivity index (χ4n) is 5.02. The SMILES string of the molecule is CC(=O)N1CCCCCCCN(C(C)C)Cc2cc(C(=O)NCC3CCN(C)CC3)ccc21. The molecule has 2 aliphatic heterocycles. The Morgan fingerprint density at radius 1 is 1.00 bits per heavy atom. The molecule has 6 heteroatoms. The quantitative estimate of drug-likeness (QED) is 0.735. The van der Waals surface area contributed by atoms with E-state index in [-0.39, 0.29) is 11.8 Å². The lowest BCUT2D eigenvalue weighted by atomic mass is 9.97. The summed E-state index contributed by atoms with van der Waals surface area (Å²) in [4.78, 5) is 32.3. The number of carbonyl (C=O) groups excluding carboxylic acids is 2. The third-order valence-electron chi connectivity index (χ3n) is 7.33. The number of benzene rings is 1. The predicted octanol–water partition coefficient (Wildman–Crippen LogP) is 4.29. The molecule has 1 N–H and O–H groups in total. The fraction of sp³-hybridized carbons (Fsp3) is 0.704. The molecule has 0 spiro atoms. The zero-order valence-electron chi connectivity index (χ0n) is 21.2. The van der Waals surface area contributed by atoms with Crippen molar-refractivity contribution in [3.63, 3.8) is 0 Å². The minimum Gasteiger partial charge on any atom is -0.352 e. The largest absolute Gasteiger partial charge is 0.352 e. The van der Waals surface area contributed by atoms with E-state index in [4.69, 9.17) is 0 Å². The Bertz CT molecular complexity index is 786. The number of carbonyl (C=O) groups is 2. The number of fused-ring (bicyclic) bond motifs is 1. The van der Waals surface area contributed by atoms with Gasteiger partial charge in [0.15, 0.2) is 0 Å². The van der Waals surface area contributed by atoms with Crippen LogP contribution in [0.5, 0.6) is 0 Å². The molecule has 2 amide bonds. The molecule has 33 heavy (non-hydrogen) atoms. The summed E-state index contributed by atoms with van der Waals surface area (Å²) in [5.41, 5.74) is 2.73. The zero-order valence-corrected chi connectivity index (χ0v) is 21.2. The molecule has 184 valence electrons. The number of piperidine rings is 1. The standard InChI is InChI=1S/C27H44N4O2/c1-21(2)30-14-8-6-5-7-9-15-31(22(3)32)26-11-10-24(18-25(26)20-30)27(33)28-19-23-12-16-29(4)17-13-23/h10-11,18,21,23H,5-9,12-17,19-20H2,1-4H3,(H,28,33). The number of rotatable bonds is 4. The van der Waals surface area contributed by atoms with E-state index in [0.29, 0.717) is 17.5 Å². The first-order chi connectivity index (χ1) is 15.8. The first kappa shape index (κ1) is 25.7. The molecule has 0 saturated carbocycles. The number of nitrogens with zero attached hydrogens (tertiary/aromatic N) is 3. The maximum Gasteiger partial charge on any atom is 0.251 e. The van der Waals surface area contributed by atoms with E-state index >= 15 is 0 Å². The summed E-state index contributed by atoms with van der Waals surface area (Å²) < 4.78 is 0. The number of likely N-dealkylation sites (tertiary alicyclic amines) is 1. The summed E-state index contributed by atoms with van der Waals surface area (Å²) >= 11 is 0. The molecule has 0 aliphatic carbocycles. The van der Waals surface area contributed by atoms with E-state index in [1.54, 1.807) is 6.92 Å². The van der Waals surface area contributed by atoms with Gasteiger partial charge in [0.25, 0.3) is 5.91 Å². The molecule has 1 saturated heterocycles. The van der Waals surface area contributed by atoms with Gasteiger partial charge in [-0.3, -0.25) is 14.5 Å². The molecule has 1 fully saturated rings. The lowest BCUT2D eigenvalue weighted by Gasteiger charge is -2.31. The average Bonchev–Trinajstić information content (AvgIpc) is 2.78. The van der Waals surface area contributed by atoms with E-state index in [1.165, 1.54) is 19.3 Å². The summed E-state index contributed by atoms with van der Waals surface area (Å²) in [5, 5.41) is 3.18. The van der Waals surface area contributed by atoms with Crippen LogP contribution in [0, 0.1) is 5.92 Å². The summed E-state index contributed by atoms with van der Waals surface area (Å²) in [6, 6.07) is 6.32. The van der Waals surface area contributed by atoms with E-state index < -0.39 is 0 Å². The van der Waals surface area contributed by atoms with Crippen LogP contribution in [0.1, 0.15) is 81.6 Å². The van der Waals surface area contributed by atoms with Gasteiger partial charge in [0, 0.05) is 43.9 Å². The molecule has 1 aromatic rings. The number of hydrogen-bond acceptors (Lipinski definition) is 4. The third-order valence-corrected chi connectivity index (χ3v) is 7.33. The second-order valence-corrected chi connectivity index (χ2v) is 10.3. The maximum absolute atomic E-state index is 13.0. The smallest absolute Gasteiger partial charge is 0.251 e. The predicted molar refractivity (Wildman–Crippen MR) is 136 cm³/mol. The molecule has 6 nitrogen and oxygen atoms in total. The van der Waals surface area contributed by atoms with Gasteiger partial charge in [-0.1, -0.05) is 19.3 Å². The van der Waals surface area contributed by atoms with E-state index in [2.05, 4.69) is 36.0 Å². The number of hydrogen-bond donors (Lipinski definition) is 1. The molecule has 2 heterocycles. The van der Waals surface area contributed by atoms with Crippen molar-refractivity contribution in [1.82, 2.24) is 15.1 Å². The summed E-state index contributed by atoms with van der Waals surface area (Å²) in [6.45, 7) is 11.6. The molecule has 0 atom stereocenters. The third kappa shape index (κ3) is 7.54. The number of nitrogens with one attached hydrogen (secondary N) is 1. The van der Waals surface area contributed by atoms with Crippen LogP contribution in [-0.2, 0) is 11.3 Å². The van der Waals surface area contributed by atoms with Crippen LogP contribution < -0.4 is 10.2 Å². The highest BCUT2D eigenvalue weighted by atomic mass is 16.2. The monoisotopic (exact) mass is 456 g/mol. The molecule has 3 rings (SSSR count). The maximum atomic E-state index is 13.0. The van der Waals surface area contributed by atoms with Crippen LogP contribution in [0.4, 0.5) is 5.69 Å². The Morgan fingerprint density at radius 2 is 1.67 bits per heavy atom. The van der Waals surface area contributed by atoms with Crippen molar-refractivity contribution < 1.29 is 9.59 Å². The summed E-state index contributed by atoms with van der Waals surface area (Å²) in [6.07, 6.45) is 8.09.